The molecule has 194 valence electrons. The number of thioether (sulfide) groups is 1. The number of hydrogen-bond acceptors (Lipinski definition) is 6. The number of nitrogens with one attached hydrogen (secondary N) is 1. The predicted octanol–water partition coefficient (Wildman–Crippen LogP) is 4.59. The summed E-state index contributed by atoms with van der Waals surface area (Å²) in [5, 5.41) is 3.79. The number of carbonyl (C=O) groups is 2. The van der Waals surface area contributed by atoms with E-state index in [1.54, 1.807) is 6.07 Å². The van der Waals surface area contributed by atoms with Crippen molar-refractivity contribution in [3.8, 4) is 0 Å². The van der Waals surface area contributed by atoms with Crippen molar-refractivity contribution < 1.29 is 9.59 Å². The van der Waals surface area contributed by atoms with Crippen molar-refractivity contribution in [3.63, 3.8) is 0 Å². The highest BCUT2D eigenvalue weighted by Gasteiger charge is 2.29. The number of piperazine rings is 1. The summed E-state index contributed by atoms with van der Waals surface area (Å²) < 4.78 is 0. The average molecular weight is 530 g/mol. The zero-order valence-corrected chi connectivity index (χ0v) is 22.6. The highest BCUT2D eigenvalue weighted by atomic mass is 35.5. The normalized spacial score (nSPS) is 18.4. The van der Waals surface area contributed by atoms with E-state index in [2.05, 4.69) is 39.2 Å². The number of halogens is 1. The summed E-state index contributed by atoms with van der Waals surface area (Å²) in [6.07, 6.45) is 7.66. The largest absolute Gasteiger partial charge is 0.355 e. The number of hydrogen-bond donors (Lipinski definition) is 1. The Morgan fingerprint density at radius 2 is 1.92 bits per heavy atom. The summed E-state index contributed by atoms with van der Waals surface area (Å²) in [7, 11) is 0. The van der Waals surface area contributed by atoms with Crippen LogP contribution in [0, 0.1) is 5.92 Å². The van der Waals surface area contributed by atoms with E-state index in [0.29, 0.717) is 42.9 Å². The smallest absolute Gasteiger partial charge is 0.230 e. The van der Waals surface area contributed by atoms with Crippen LogP contribution < -0.4 is 10.2 Å². The zero-order valence-electron chi connectivity index (χ0n) is 21.0. The van der Waals surface area contributed by atoms with Gasteiger partial charge in [0, 0.05) is 44.7 Å². The van der Waals surface area contributed by atoms with Crippen molar-refractivity contribution in [2.24, 2.45) is 5.92 Å². The first-order valence-electron chi connectivity index (χ1n) is 13.0. The molecule has 0 radical (unpaired) electrons. The second-order valence-corrected chi connectivity index (χ2v) is 11.1. The van der Waals surface area contributed by atoms with E-state index in [9.17, 15) is 9.59 Å². The molecule has 1 saturated heterocycles. The highest BCUT2D eigenvalue weighted by Crippen LogP contribution is 2.29. The van der Waals surface area contributed by atoms with Crippen molar-refractivity contribution in [3.05, 3.63) is 47.1 Å². The van der Waals surface area contributed by atoms with E-state index in [-0.39, 0.29) is 23.6 Å². The molecule has 1 N–H and O–H groups in total. The molecule has 7 nitrogen and oxygen atoms in total. The summed E-state index contributed by atoms with van der Waals surface area (Å²) in [5.74, 6) is 1.92. The molecular formula is C27H36ClN5O2S. The van der Waals surface area contributed by atoms with Crippen LogP contribution in [-0.2, 0) is 16.0 Å². The fourth-order valence-corrected chi connectivity index (χ4v) is 6.00. The number of benzene rings is 1. The first-order valence-corrected chi connectivity index (χ1v) is 14.4. The van der Waals surface area contributed by atoms with Crippen molar-refractivity contribution in [2.75, 3.05) is 36.8 Å². The number of anilines is 1. The van der Waals surface area contributed by atoms with Gasteiger partial charge >= 0.3 is 0 Å². The Bertz CT molecular complexity index is 1020. The second-order valence-electron chi connectivity index (χ2n) is 9.78. The number of amides is 2. The van der Waals surface area contributed by atoms with Gasteiger partial charge in [-0.1, -0.05) is 79.4 Å². The fourth-order valence-electron chi connectivity index (χ4n) is 5.09. The maximum absolute atomic E-state index is 12.8. The molecule has 1 saturated carbocycles. The Labute approximate surface area is 223 Å². The minimum absolute atomic E-state index is 0.0561. The summed E-state index contributed by atoms with van der Waals surface area (Å²) in [6.45, 7) is 4.77. The average Bonchev–Trinajstić information content (AvgIpc) is 3.40. The lowest BCUT2D eigenvalue weighted by molar-refractivity contribution is -0.134. The van der Waals surface area contributed by atoms with E-state index in [1.807, 2.05) is 23.1 Å². The maximum Gasteiger partial charge on any atom is 0.230 e. The summed E-state index contributed by atoms with van der Waals surface area (Å²) >= 11 is 7.58. The van der Waals surface area contributed by atoms with Crippen molar-refractivity contribution >= 4 is 41.0 Å². The highest BCUT2D eigenvalue weighted by molar-refractivity contribution is 7.99. The van der Waals surface area contributed by atoms with E-state index in [4.69, 9.17) is 11.6 Å². The lowest BCUT2D eigenvalue weighted by Gasteiger charge is -2.40. The number of aromatic nitrogens is 2. The Morgan fingerprint density at radius 1 is 1.14 bits per heavy atom. The predicted molar refractivity (Wildman–Crippen MR) is 146 cm³/mol. The van der Waals surface area contributed by atoms with Crippen LogP contribution in [0.2, 0.25) is 5.15 Å². The lowest BCUT2D eigenvalue weighted by Crippen LogP contribution is -2.54. The minimum atomic E-state index is -0.0561. The lowest BCUT2D eigenvalue weighted by atomic mass is 10.0. The molecule has 1 atom stereocenters. The van der Waals surface area contributed by atoms with Gasteiger partial charge in [-0.15, -0.1) is 0 Å². The van der Waals surface area contributed by atoms with Crippen molar-refractivity contribution in [2.45, 2.75) is 63.1 Å². The Morgan fingerprint density at radius 3 is 2.67 bits per heavy atom. The Balaban J connectivity index is 1.24. The fraction of sp³-hybridized carbons (Fsp3) is 0.556. The molecule has 1 aromatic carbocycles. The van der Waals surface area contributed by atoms with Crippen LogP contribution in [0.1, 0.15) is 51.0 Å². The van der Waals surface area contributed by atoms with Gasteiger partial charge in [0.05, 0.1) is 5.75 Å². The van der Waals surface area contributed by atoms with E-state index >= 15 is 0 Å². The molecule has 2 aliphatic rings. The molecule has 9 heteroatoms. The molecule has 36 heavy (non-hydrogen) atoms. The van der Waals surface area contributed by atoms with Gasteiger partial charge in [-0.05, 0) is 31.2 Å². The summed E-state index contributed by atoms with van der Waals surface area (Å²) in [6, 6.07) is 11.9. The van der Waals surface area contributed by atoms with Crippen LogP contribution in [0.5, 0.6) is 0 Å². The number of rotatable bonds is 10. The third-order valence-electron chi connectivity index (χ3n) is 7.08. The molecule has 0 spiro atoms. The quantitative estimate of drug-likeness (QED) is 0.275. The van der Waals surface area contributed by atoms with Gasteiger partial charge in [0.25, 0.3) is 0 Å². The molecule has 1 aromatic heterocycles. The van der Waals surface area contributed by atoms with Crippen LogP contribution in [0.25, 0.3) is 0 Å². The first-order chi connectivity index (χ1) is 17.5. The standard InChI is InChI=1S/C27H36ClN5O2S/c1-20-18-32(15-16-33(20)26(35)12-11-21-9-5-6-10-21)24-17-23(28)30-27(31-24)36-19-25(34)29-14-13-22-7-3-2-4-8-22/h2-4,7-8,17,20-21H,5-6,9-16,18-19H2,1H3,(H,29,34). The van der Waals surface area contributed by atoms with Crippen molar-refractivity contribution in [1.29, 1.82) is 0 Å². The molecule has 0 bridgehead atoms. The van der Waals surface area contributed by atoms with Crippen LogP contribution in [0.4, 0.5) is 5.82 Å². The molecule has 1 aliphatic heterocycles. The van der Waals surface area contributed by atoms with Crippen LogP contribution >= 0.6 is 23.4 Å². The topological polar surface area (TPSA) is 78.4 Å². The molecule has 4 rings (SSSR count). The van der Waals surface area contributed by atoms with E-state index in [1.165, 1.54) is 43.0 Å². The molecule has 2 aromatic rings. The molecule has 2 fully saturated rings. The maximum atomic E-state index is 12.8. The third-order valence-corrected chi connectivity index (χ3v) is 8.13. The number of nitrogens with zero attached hydrogens (tertiary/aromatic N) is 4. The summed E-state index contributed by atoms with van der Waals surface area (Å²) in [4.78, 5) is 38.3. The number of carbonyl (C=O) groups excluding carboxylic acids is 2. The van der Waals surface area contributed by atoms with Gasteiger partial charge in [-0.2, -0.15) is 0 Å². The van der Waals surface area contributed by atoms with E-state index in [0.717, 1.165) is 24.6 Å². The van der Waals surface area contributed by atoms with Gasteiger partial charge in [-0.3, -0.25) is 9.59 Å². The second kappa shape index (κ2) is 13.3. The minimum Gasteiger partial charge on any atom is -0.355 e. The van der Waals surface area contributed by atoms with Gasteiger partial charge in [-0.25, -0.2) is 9.97 Å². The third kappa shape index (κ3) is 7.84. The van der Waals surface area contributed by atoms with Gasteiger partial charge in [0.15, 0.2) is 5.16 Å². The monoisotopic (exact) mass is 529 g/mol. The molecule has 1 aliphatic carbocycles. The van der Waals surface area contributed by atoms with E-state index < -0.39 is 0 Å². The Kier molecular flexibility index (Phi) is 9.87. The summed E-state index contributed by atoms with van der Waals surface area (Å²) in [5.41, 5.74) is 1.19. The van der Waals surface area contributed by atoms with Crippen LogP contribution in [-0.4, -0.2) is 64.7 Å². The molecule has 2 heterocycles. The molecule has 1 unspecified atom stereocenters. The van der Waals surface area contributed by atoms with Gasteiger partial charge in [0.1, 0.15) is 11.0 Å². The van der Waals surface area contributed by atoms with Crippen LogP contribution in [0.15, 0.2) is 41.6 Å². The van der Waals surface area contributed by atoms with Crippen molar-refractivity contribution in [1.82, 2.24) is 20.2 Å². The van der Waals surface area contributed by atoms with Gasteiger partial charge < -0.3 is 15.1 Å². The van der Waals surface area contributed by atoms with Crippen LogP contribution in [0.3, 0.4) is 0 Å². The SMILES string of the molecule is CC1CN(c2cc(Cl)nc(SCC(=O)NCCc3ccccc3)n2)CCN1C(=O)CCC1CCCC1. The zero-order chi connectivity index (χ0) is 25.3. The van der Waals surface area contributed by atoms with Gasteiger partial charge in [0.2, 0.25) is 11.8 Å². The Hall–Kier alpha value is -2.32. The molecular weight excluding hydrogens is 494 g/mol. The first kappa shape index (κ1) is 26.7. The molecule has 2 amide bonds.